The Balaban J connectivity index is 2.09. The van der Waals surface area contributed by atoms with Crippen LogP contribution in [0, 0.1) is 0 Å². The van der Waals surface area contributed by atoms with Gasteiger partial charge in [-0.1, -0.05) is 51.8 Å². The third kappa shape index (κ3) is 3.24. The van der Waals surface area contributed by atoms with Crippen molar-refractivity contribution in [3.63, 3.8) is 0 Å². The summed E-state index contributed by atoms with van der Waals surface area (Å²) in [5.74, 6) is -1.14. The summed E-state index contributed by atoms with van der Waals surface area (Å²) in [6, 6.07) is 12.1. The Labute approximate surface area is 160 Å². The van der Waals surface area contributed by atoms with Crippen molar-refractivity contribution in [3.05, 3.63) is 69.2 Å². The van der Waals surface area contributed by atoms with Crippen LogP contribution in [0.2, 0.25) is 5.02 Å². The highest BCUT2D eigenvalue weighted by atomic mass is 79.9. The van der Waals surface area contributed by atoms with Crippen LogP contribution in [0.5, 0.6) is 0 Å². The largest absolute Gasteiger partial charge is 0.438 e. The Morgan fingerprint density at radius 1 is 1.23 bits per heavy atom. The van der Waals surface area contributed by atoms with E-state index < -0.39 is 24.2 Å². The number of carbonyl (C=O) groups is 1. The molecule has 9 heteroatoms. The molecule has 1 heterocycles. The van der Waals surface area contributed by atoms with Gasteiger partial charge >= 0.3 is 6.18 Å². The minimum atomic E-state index is -5.11. The third-order valence-corrected chi connectivity index (χ3v) is 4.72. The molecule has 1 aliphatic heterocycles. The van der Waals surface area contributed by atoms with Crippen LogP contribution in [0.25, 0.3) is 0 Å². The Morgan fingerprint density at radius 2 is 1.92 bits per heavy atom. The summed E-state index contributed by atoms with van der Waals surface area (Å²) in [6.07, 6.45) is -6.00. The maximum atomic E-state index is 13.6. The van der Waals surface area contributed by atoms with Crippen molar-refractivity contribution < 1.29 is 23.1 Å². The van der Waals surface area contributed by atoms with Gasteiger partial charge in [-0.2, -0.15) is 23.3 Å². The molecule has 4 nitrogen and oxygen atoms in total. The maximum Gasteiger partial charge on any atom is 0.438 e. The fourth-order valence-electron chi connectivity index (χ4n) is 2.56. The molecule has 0 bridgehead atoms. The van der Waals surface area contributed by atoms with Crippen molar-refractivity contribution in [1.82, 2.24) is 5.01 Å². The van der Waals surface area contributed by atoms with Crippen LogP contribution >= 0.6 is 27.5 Å². The van der Waals surface area contributed by atoms with E-state index in [1.807, 2.05) is 0 Å². The molecule has 1 amide bonds. The lowest BCUT2D eigenvalue weighted by Crippen LogP contribution is -2.56. The van der Waals surface area contributed by atoms with Gasteiger partial charge < -0.3 is 5.11 Å². The fraction of sp³-hybridized carbons (Fsp3) is 0.176. The number of nitrogens with zero attached hydrogens (tertiary/aromatic N) is 2. The van der Waals surface area contributed by atoms with Crippen LogP contribution in [0.1, 0.15) is 22.3 Å². The van der Waals surface area contributed by atoms with Gasteiger partial charge in [0.05, 0.1) is 22.7 Å². The number of benzene rings is 2. The first kappa shape index (κ1) is 18.9. The second kappa shape index (κ2) is 6.68. The van der Waals surface area contributed by atoms with Crippen molar-refractivity contribution >= 4 is 39.1 Å². The van der Waals surface area contributed by atoms with E-state index >= 15 is 0 Å². The second-order valence-electron chi connectivity index (χ2n) is 5.64. The number of alkyl halides is 3. The van der Waals surface area contributed by atoms with Gasteiger partial charge in [-0.15, -0.1) is 0 Å². The minimum absolute atomic E-state index is 0.0341. The molecule has 3 rings (SSSR count). The standard InChI is InChI=1S/C17H11BrClF3N2O2/c18-11-5-3-4-10(8-11)14-9-16(26,17(20,21)22)24(23-14)15(25)12-6-1-2-7-13(12)19/h1-8,26H,9H2/t16-/m0/s1. The zero-order valence-corrected chi connectivity index (χ0v) is 15.3. The first-order valence-electron chi connectivity index (χ1n) is 7.35. The highest BCUT2D eigenvalue weighted by molar-refractivity contribution is 9.10. The van der Waals surface area contributed by atoms with E-state index in [1.165, 1.54) is 24.3 Å². The molecule has 26 heavy (non-hydrogen) atoms. The molecule has 0 saturated carbocycles. The monoisotopic (exact) mass is 446 g/mol. The zero-order valence-electron chi connectivity index (χ0n) is 13.0. The van der Waals surface area contributed by atoms with Crippen molar-refractivity contribution in [3.8, 4) is 0 Å². The fourth-order valence-corrected chi connectivity index (χ4v) is 3.17. The number of rotatable bonds is 2. The van der Waals surface area contributed by atoms with E-state index in [0.29, 0.717) is 10.0 Å². The number of hydrazone groups is 1. The average Bonchev–Trinajstić information content (AvgIpc) is 2.94. The Hall–Kier alpha value is -1.90. The van der Waals surface area contributed by atoms with Gasteiger partial charge in [0.25, 0.3) is 11.6 Å². The van der Waals surface area contributed by atoms with Crippen LogP contribution in [0.15, 0.2) is 58.1 Å². The molecule has 0 fully saturated rings. The predicted octanol–water partition coefficient (Wildman–Crippen LogP) is 4.60. The van der Waals surface area contributed by atoms with Crippen LogP contribution < -0.4 is 0 Å². The Morgan fingerprint density at radius 3 is 2.54 bits per heavy atom. The molecular formula is C17H11BrClF3N2O2. The van der Waals surface area contributed by atoms with Crippen molar-refractivity contribution in [2.75, 3.05) is 0 Å². The molecule has 1 atom stereocenters. The normalized spacial score (nSPS) is 20.2. The van der Waals surface area contributed by atoms with Crippen molar-refractivity contribution in [2.24, 2.45) is 5.10 Å². The van der Waals surface area contributed by atoms with Crippen LogP contribution in [-0.4, -0.2) is 33.6 Å². The molecule has 2 aromatic rings. The SMILES string of the molecule is O=C(c1ccccc1Cl)N1N=C(c2cccc(Br)c2)C[C@]1(O)C(F)(F)F. The molecular weight excluding hydrogens is 437 g/mol. The number of carbonyl (C=O) groups excluding carboxylic acids is 1. The number of hydrogen-bond donors (Lipinski definition) is 1. The molecule has 0 aliphatic carbocycles. The molecule has 0 radical (unpaired) electrons. The van der Waals surface area contributed by atoms with Gasteiger partial charge in [0.15, 0.2) is 0 Å². The maximum absolute atomic E-state index is 13.6. The molecule has 0 unspecified atom stereocenters. The summed E-state index contributed by atoms with van der Waals surface area (Å²) < 4.78 is 41.4. The molecule has 0 saturated heterocycles. The second-order valence-corrected chi connectivity index (χ2v) is 6.97. The molecule has 0 aromatic heterocycles. The van der Waals surface area contributed by atoms with Crippen LogP contribution in [0.3, 0.4) is 0 Å². The quantitative estimate of drug-likeness (QED) is 0.731. The predicted molar refractivity (Wildman–Crippen MR) is 93.9 cm³/mol. The van der Waals surface area contributed by atoms with Gasteiger partial charge in [-0.25, -0.2) is 0 Å². The highest BCUT2D eigenvalue weighted by Gasteiger charge is 2.63. The minimum Gasteiger partial charge on any atom is -0.362 e. The first-order valence-corrected chi connectivity index (χ1v) is 8.52. The molecule has 0 spiro atoms. The summed E-state index contributed by atoms with van der Waals surface area (Å²) in [5.41, 5.74) is -3.35. The van der Waals surface area contributed by atoms with Crippen molar-refractivity contribution in [2.45, 2.75) is 18.3 Å². The van der Waals surface area contributed by atoms with E-state index in [0.717, 1.165) is 0 Å². The van der Waals surface area contributed by atoms with E-state index in [2.05, 4.69) is 21.0 Å². The Bertz CT molecular complexity index is 904. The highest BCUT2D eigenvalue weighted by Crippen LogP contribution is 2.42. The number of amides is 1. The molecule has 1 N–H and O–H groups in total. The lowest BCUT2D eigenvalue weighted by atomic mass is 10.0. The van der Waals surface area contributed by atoms with E-state index in [4.69, 9.17) is 11.6 Å². The average molecular weight is 448 g/mol. The number of hydrogen-bond acceptors (Lipinski definition) is 3. The van der Waals surface area contributed by atoms with Crippen LogP contribution in [-0.2, 0) is 0 Å². The van der Waals surface area contributed by atoms with Gasteiger partial charge in [0.1, 0.15) is 0 Å². The zero-order chi connectivity index (χ0) is 19.1. The lowest BCUT2D eigenvalue weighted by Gasteiger charge is -2.32. The first-order chi connectivity index (χ1) is 12.1. The van der Waals surface area contributed by atoms with Crippen LogP contribution in [0.4, 0.5) is 13.2 Å². The summed E-state index contributed by atoms with van der Waals surface area (Å²) in [7, 11) is 0. The lowest BCUT2D eigenvalue weighted by molar-refractivity contribution is -0.297. The van der Waals surface area contributed by atoms with E-state index in [9.17, 15) is 23.1 Å². The molecule has 136 valence electrons. The number of halogens is 5. The summed E-state index contributed by atoms with van der Waals surface area (Å²) in [4.78, 5) is 12.6. The van der Waals surface area contributed by atoms with Gasteiger partial charge in [0, 0.05) is 4.47 Å². The third-order valence-electron chi connectivity index (χ3n) is 3.89. The summed E-state index contributed by atoms with van der Waals surface area (Å²) in [5, 5.41) is 14.1. The molecule has 1 aliphatic rings. The molecule has 2 aromatic carbocycles. The van der Waals surface area contributed by atoms with E-state index in [-0.39, 0.29) is 21.3 Å². The van der Waals surface area contributed by atoms with E-state index in [1.54, 1.807) is 24.3 Å². The summed E-state index contributed by atoms with van der Waals surface area (Å²) in [6.45, 7) is 0. The van der Waals surface area contributed by atoms with Gasteiger partial charge in [-0.05, 0) is 29.8 Å². The Kier molecular flexibility index (Phi) is 4.85. The summed E-state index contributed by atoms with van der Waals surface area (Å²) >= 11 is 9.14. The van der Waals surface area contributed by atoms with Gasteiger partial charge in [0.2, 0.25) is 0 Å². The topological polar surface area (TPSA) is 52.9 Å². The van der Waals surface area contributed by atoms with Crippen molar-refractivity contribution in [1.29, 1.82) is 0 Å². The number of aliphatic hydroxyl groups is 1. The van der Waals surface area contributed by atoms with Gasteiger partial charge in [-0.3, -0.25) is 4.79 Å². The smallest absolute Gasteiger partial charge is 0.362 e.